The molecular weight excluding hydrogens is 356 g/mol. The summed E-state index contributed by atoms with van der Waals surface area (Å²) in [6.45, 7) is 7.03. The largest absolute Gasteiger partial charge is 0.491 e. The third-order valence-electron chi connectivity index (χ3n) is 6.40. The van der Waals surface area contributed by atoms with Gasteiger partial charge in [0, 0.05) is 48.9 Å². The van der Waals surface area contributed by atoms with Crippen LogP contribution in [-0.4, -0.2) is 35.3 Å². The van der Waals surface area contributed by atoms with Gasteiger partial charge in [-0.15, -0.1) is 0 Å². The molecule has 28 heavy (non-hydrogen) atoms. The molecule has 0 amide bonds. The minimum atomic E-state index is -1.17. The van der Waals surface area contributed by atoms with Crippen molar-refractivity contribution in [1.29, 1.82) is 0 Å². The number of anilines is 1. The molecule has 3 aliphatic heterocycles. The molecule has 6 nitrogen and oxygen atoms in total. The van der Waals surface area contributed by atoms with E-state index in [1.165, 1.54) is 23.6 Å². The molecule has 1 aromatic heterocycles. The number of hydrogen-bond acceptors (Lipinski definition) is 4. The Hall–Kier alpha value is -2.76. The Morgan fingerprint density at radius 1 is 1.25 bits per heavy atom. The number of fused-ring (bicyclic) bond motifs is 5. The smallest absolute Gasteiger partial charge is 0.341 e. The Morgan fingerprint density at radius 2 is 2.04 bits per heavy atom. The number of carbonyl (C=O) groups is 1. The minimum Gasteiger partial charge on any atom is -0.491 e. The summed E-state index contributed by atoms with van der Waals surface area (Å²) in [5.41, 5.74) is 4.93. The number of carboxylic acids is 1. The fraction of sp³-hybridized carbons (Fsp3) is 0.455. The standard InChI is InChI=1S/C22H24N2O4/c1-12(2)17-8-14-13-4-7-28-21(13)19(23-5-3-6-23)9-15(14)18-10-20(25)16(22(26)27)11-24(17)18/h9-12,17H,3-8H2,1-2H3,(H,26,27)/t17-/m0/s1. The van der Waals surface area contributed by atoms with Crippen LogP contribution in [0.2, 0.25) is 0 Å². The first-order chi connectivity index (χ1) is 13.5. The van der Waals surface area contributed by atoms with Crippen LogP contribution in [0.1, 0.15) is 47.8 Å². The van der Waals surface area contributed by atoms with E-state index in [-0.39, 0.29) is 11.6 Å². The fourth-order valence-electron chi connectivity index (χ4n) is 4.74. The molecule has 1 fully saturated rings. The summed E-state index contributed by atoms with van der Waals surface area (Å²) < 4.78 is 8.04. The number of carboxylic acid groups (broad SMARTS) is 1. The van der Waals surface area contributed by atoms with E-state index in [0.29, 0.717) is 12.5 Å². The average molecular weight is 380 g/mol. The Morgan fingerprint density at radius 3 is 2.68 bits per heavy atom. The van der Waals surface area contributed by atoms with Crippen LogP contribution in [0.15, 0.2) is 23.1 Å². The second kappa shape index (κ2) is 6.12. The zero-order valence-electron chi connectivity index (χ0n) is 16.2. The van der Waals surface area contributed by atoms with E-state index in [9.17, 15) is 14.7 Å². The van der Waals surface area contributed by atoms with Crippen LogP contribution in [0.25, 0.3) is 11.3 Å². The highest BCUT2D eigenvalue weighted by atomic mass is 16.5. The lowest BCUT2D eigenvalue weighted by atomic mass is 9.83. The van der Waals surface area contributed by atoms with Crippen LogP contribution in [0.5, 0.6) is 5.75 Å². The summed E-state index contributed by atoms with van der Waals surface area (Å²) in [4.78, 5) is 26.4. The highest BCUT2D eigenvalue weighted by molar-refractivity contribution is 5.88. The average Bonchev–Trinajstić information content (AvgIpc) is 3.09. The van der Waals surface area contributed by atoms with Crippen molar-refractivity contribution in [1.82, 2.24) is 4.57 Å². The summed E-state index contributed by atoms with van der Waals surface area (Å²) in [5.74, 6) is 0.153. The Labute approximate surface area is 163 Å². The number of nitrogens with zero attached hydrogens (tertiary/aromatic N) is 2. The maximum Gasteiger partial charge on any atom is 0.341 e. The maximum atomic E-state index is 12.5. The molecule has 3 aliphatic rings. The van der Waals surface area contributed by atoms with Gasteiger partial charge in [0.05, 0.1) is 18.0 Å². The molecule has 0 unspecified atom stereocenters. The normalized spacial score (nSPS) is 19.5. The van der Waals surface area contributed by atoms with Gasteiger partial charge < -0.3 is 19.3 Å². The second-order valence-corrected chi connectivity index (χ2v) is 8.33. The lowest BCUT2D eigenvalue weighted by Gasteiger charge is -2.38. The van der Waals surface area contributed by atoms with E-state index in [2.05, 4.69) is 24.8 Å². The first-order valence-corrected chi connectivity index (χ1v) is 10.0. The molecule has 0 aliphatic carbocycles. The Kier molecular flexibility index (Phi) is 3.79. The molecule has 1 N–H and O–H groups in total. The van der Waals surface area contributed by atoms with Crippen molar-refractivity contribution in [3.8, 4) is 17.0 Å². The van der Waals surface area contributed by atoms with Crippen molar-refractivity contribution in [3.05, 3.63) is 45.2 Å². The van der Waals surface area contributed by atoms with E-state index in [4.69, 9.17) is 4.74 Å². The summed E-state index contributed by atoms with van der Waals surface area (Å²) in [6, 6.07) is 3.78. The summed E-state index contributed by atoms with van der Waals surface area (Å²) in [6.07, 6.45) is 4.44. The van der Waals surface area contributed by atoms with Crippen LogP contribution in [0, 0.1) is 5.92 Å². The molecule has 6 heteroatoms. The molecule has 1 aromatic carbocycles. The summed E-state index contributed by atoms with van der Waals surface area (Å²) in [7, 11) is 0. The first-order valence-electron chi connectivity index (χ1n) is 10.0. The van der Waals surface area contributed by atoms with Gasteiger partial charge in [0.15, 0.2) is 5.43 Å². The molecule has 0 bridgehead atoms. The van der Waals surface area contributed by atoms with Crippen LogP contribution >= 0.6 is 0 Å². The minimum absolute atomic E-state index is 0.112. The molecule has 0 radical (unpaired) electrons. The monoisotopic (exact) mass is 380 g/mol. The van der Waals surface area contributed by atoms with Crippen LogP contribution in [-0.2, 0) is 12.8 Å². The quantitative estimate of drug-likeness (QED) is 0.886. The first kappa shape index (κ1) is 17.3. The van der Waals surface area contributed by atoms with E-state index >= 15 is 0 Å². The van der Waals surface area contributed by atoms with Gasteiger partial charge in [-0.2, -0.15) is 0 Å². The number of aromatic nitrogens is 1. The van der Waals surface area contributed by atoms with Gasteiger partial charge >= 0.3 is 5.97 Å². The Bertz CT molecular complexity index is 1050. The fourth-order valence-corrected chi connectivity index (χ4v) is 4.74. The van der Waals surface area contributed by atoms with Crippen LogP contribution < -0.4 is 15.1 Å². The van der Waals surface area contributed by atoms with Crippen LogP contribution in [0.3, 0.4) is 0 Å². The molecule has 0 spiro atoms. The zero-order chi connectivity index (χ0) is 19.6. The van der Waals surface area contributed by atoms with Crippen LogP contribution in [0.4, 0.5) is 5.69 Å². The van der Waals surface area contributed by atoms with Gasteiger partial charge in [0.1, 0.15) is 11.3 Å². The lowest BCUT2D eigenvalue weighted by molar-refractivity contribution is 0.0694. The summed E-state index contributed by atoms with van der Waals surface area (Å²) in [5, 5.41) is 9.43. The van der Waals surface area contributed by atoms with Gasteiger partial charge in [-0.25, -0.2) is 4.79 Å². The van der Waals surface area contributed by atoms with Gasteiger partial charge in [0.25, 0.3) is 0 Å². The van der Waals surface area contributed by atoms with E-state index in [0.717, 1.165) is 48.6 Å². The predicted molar refractivity (Wildman–Crippen MR) is 107 cm³/mol. The Balaban J connectivity index is 1.78. The zero-order valence-corrected chi connectivity index (χ0v) is 16.2. The van der Waals surface area contributed by atoms with Crippen molar-refractivity contribution in [2.24, 2.45) is 5.92 Å². The molecule has 0 saturated carbocycles. The molecule has 5 rings (SSSR count). The number of aromatic carboxylic acids is 1. The second-order valence-electron chi connectivity index (χ2n) is 8.33. The maximum absolute atomic E-state index is 12.5. The number of pyridine rings is 1. The molecule has 4 heterocycles. The van der Waals surface area contributed by atoms with E-state index in [1.54, 1.807) is 6.20 Å². The van der Waals surface area contributed by atoms with Crippen molar-refractivity contribution in [2.45, 2.75) is 39.2 Å². The SMILES string of the molecule is CC(C)[C@@H]1Cc2c(cc(N3CCC3)c3c2CCO3)-c2cc(=O)c(C(=O)O)cn21. The highest BCUT2D eigenvalue weighted by Gasteiger charge is 2.34. The highest BCUT2D eigenvalue weighted by Crippen LogP contribution is 2.48. The van der Waals surface area contributed by atoms with E-state index < -0.39 is 11.4 Å². The number of ether oxygens (including phenoxy) is 1. The van der Waals surface area contributed by atoms with Gasteiger partial charge in [-0.05, 0) is 30.4 Å². The van der Waals surface area contributed by atoms with Crippen molar-refractivity contribution in [3.63, 3.8) is 0 Å². The van der Waals surface area contributed by atoms with Crippen molar-refractivity contribution >= 4 is 11.7 Å². The number of benzene rings is 1. The lowest BCUT2D eigenvalue weighted by Crippen LogP contribution is -2.37. The summed E-state index contributed by atoms with van der Waals surface area (Å²) >= 11 is 0. The topological polar surface area (TPSA) is 71.8 Å². The molecule has 1 atom stereocenters. The number of hydrogen-bond donors (Lipinski definition) is 1. The van der Waals surface area contributed by atoms with E-state index in [1.807, 2.05) is 4.57 Å². The number of rotatable bonds is 3. The van der Waals surface area contributed by atoms with Crippen molar-refractivity contribution in [2.75, 3.05) is 24.6 Å². The van der Waals surface area contributed by atoms with Gasteiger partial charge in [0.2, 0.25) is 0 Å². The third kappa shape index (κ3) is 2.40. The molecule has 146 valence electrons. The predicted octanol–water partition coefficient (Wildman–Crippen LogP) is 3.11. The van der Waals surface area contributed by atoms with Gasteiger partial charge in [-0.3, -0.25) is 4.79 Å². The molecule has 2 aromatic rings. The van der Waals surface area contributed by atoms with Gasteiger partial charge in [-0.1, -0.05) is 13.8 Å². The van der Waals surface area contributed by atoms with Crippen molar-refractivity contribution < 1.29 is 14.6 Å². The molecular formula is C22H24N2O4. The molecule has 1 saturated heterocycles. The third-order valence-corrected chi connectivity index (χ3v) is 6.40.